The van der Waals surface area contributed by atoms with E-state index in [1.54, 1.807) is 5.57 Å². The predicted molar refractivity (Wildman–Crippen MR) is 94.1 cm³/mol. The smallest absolute Gasteiger partial charge is 0.0196 e. The molecular formula is C21H28. The van der Waals surface area contributed by atoms with Crippen LogP contribution in [0, 0.1) is 11.8 Å². The van der Waals surface area contributed by atoms with E-state index < -0.39 is 0 Å². The van der Waals surface area contributed by atoms with Crippen LogP contribution >= 0.6 is 0 Å². The Kier molecular flexibility index (Phi) is 7.07. The molecular weight excluding hydrogens is 252 g/mol. The average molecular weight is 280 g/mol. The van der Waals surface area contributed by atoms with Crippen LogP contribution in [0.5, 0.6) is 0 Å². The molecule has 0 amide bonds. The monoisotopic (exact) mass is 280 g/mol. The summed E-state index contributed by atoms with van der Waals surface area (Å²) in [4.78, 5) is 0. The zero-order valence-corrected chi connectivity index (χ0v) is 13.2. The fourth-order valence-corrected chi connectivity index (χ4v) is 3.03. The van der Waals surface area contributed by atoms with E-state index >= 15 is 0 Å². The minimum absolute atomic E-state index is 0.754. The molecule has 0 nitrogen and oxygen atoms in total. The molecule has 0 spiro atoms. The summed E-state index contributed by atoms with van der Waals surface area (Å²) in [5.74, 6) is 1.55. The standard InChI is InChI=1S/C21H28/c1-19-16-17-20-14-12-10-8-6-4-2-3-5-7-9-11-13-15-21(19)18-20/h2-10,12,18-20H,11,13-17H2,1H3/b4-2-,5-3-,8-6-,9-7+,12-10-. The van der Waals surface area contributed by atoms with Crippen LogP contribution in [0.3, 0.4) is 0 Å². The van der Waals surface area contributed by atoms with Gasteiger partial charge in [0, 0.05) is 0 Å². The predicted octanol–water partition coefficient (Wildman–Crippen LogP) is 6.31. The third-order valence-electron chi connectivity index (χ3n) is 4.38. The highest BCUT2D eigenvalue weighted by atomic mass is 14.2. The minimum atomic E-state index is 0.754. The third-order valence-corrected chi connectivity index (χ3v) is 4.38. The Labute approximate surface area is 130 Å². The summed E-state index contributed by atoms with van der Waals surface area (Å²) in [5, 5.41) is 0. The molecule has 0 saturated heterocycles. The maximum Gasteiger partial charge on any atom is -0.0196 e. The lowest BCUT2D eigenvalue weighted by atomic mass is 9.80. The highest BCUT2D eigenvalue weighted by Crippen LogP contribution is 2.32. The number of hydrogen-bond donors (Lipinski definition) is 0. The van der Waals surface area contributed by atoms with Gasteiger partial charge in [-0.15, -0.1) is 0 Å². The number of allylic oxidation sites excluding steroid dienone is 12. The molecule has 0 heteroatoms. The molecule has 0 heterocycles. The van der Waals surface area contributed by atoms with Crippen molar-refractivity contribution >= 4 is 0 Å². The van der Waals surface area contributed by atoms with Gasteiger partial charge in [-0.1, -0.05) is 79.3 Å². The Hall–Kier alpha value is -1.56. The van der Waals surface area contributed by atoms with Gasteiger partial charge in [0.25, 0.3) is 0 Å². The van der Waals surface area contributed by atoms with Gasteiger partial charge < -0.3 is 0 Å². The molecule has 0 saturated carbocycles. The van der Waals surface area contributed by atoms with E-state index in [9.17, 15) is 0 Å². The third kappa shape index (κ3) is 6.16. The number of fused-ring (bicyclic) bond motifs is 1. The molecule has 2 bridgehead atoms. The van der Waals surface area contributed by atoms with Gasteiger partial charge in [-0.25, -0.2) is 0 Å². The molecule has 2 rings (SSSR count). The van der Waals surface area contributed by atoms with Crippen LogP contribution in [0.15, 0.2) is 72.4 Å². The Bertz CT molecular complexity index is 468. The Morgan fingerprint density at radius 2 is 1.48 bits per heavy atom. The fourth-order valence-electron chi connectivity index (χ4n) is 3.03. The second-order valence-corrected chi connectivity index (χ2v) is 6.12. The first-order valence-corrected chi connectivity index (χ1v) is 8.38. The van der Waals surface area contributed by atoms with Crippen molar-refractivity contribution in [3.63, 3.8) is 0 Å². The Morgan fingerprint density at radius 3 is 2.24 bits per heavy atom. The van der Waals surface area contributed by atoms with E-state index in [0.29, 0.717) is 0 Å². The molecule has 2 aliphatic rings. The Balaban J connectivity index is 2.03. The highest BCUT2D eigenvalue weighted by molar-refractivity contribution is 5.19. The summed E-state index contributed by atoms with van der Waals surface area (Å²) < 4.78 is 0. The van der Waals surface area contributed by atoms with Gasteiger partial charge in [-0.3, -0.25) is 0 Å². The van der Waals surface area contributed by atoms with Gasteiger partial charge in [0.1, 0.15) is 0 Å². The molecule has 21 heavy (non-hydrogen) atoms. The summed E-state index contributed by atoms with van der Waals surface area (Å²) in [5.41, 5.74) is 1.70. The zero-order chi connectivity index (χ0) is 14.8. The second kappa shape index (κ2) is 9.39. The molecule has 0 fully saturated rings. The van der Waals surface area contributed by atoms with Gasteiger partial charge in [-0.05, 0) is 50.4 Å². The van der Waals surface area contributed by atoms with Crippen molar-refractivity contribution in [1.82, 2.24) is 0 Å². The van der Waals surface area contributed by atoms with E-state index in [0.717, 1.165) is 11.8 Å². The van der Waals surface area contributed by atoms with Crippen LogP contribution in [-0.2, 0) is 0 Å². The van der Waals surface area contributed by atoms with E-state index in [1.807, 2.05) is 0 Å². The van der Waals surface area contributed by atoms with Crippen LogP contribution in [0.25, 0.3) is 0 Å². The van der Waals surface area contributed by atoms with Gasteiger partial charge >= 0.3 is 0 Å². The SMILES string of the molecule is CC1CCC2C=C1CCC/C=C/C=C\C=C/C=C\C=C/C2. The zero-order valence-electron chi connectivity index (χ0n) is 13.2. The first-order valence-electron chi connectivity index (χ1n) is 8.38. The normalized spacial score (nSPS) is 35.0. The topological polar surface area (TPSA) is 0 Å². The molecule has 0 aliphatic heterocycles. The van der Waals surface area contributed by atoms with Gasteiger partial charge in [0.05, 0.1) is 0 Å². The average Bonchev–Trinajstić information content (AvgIpc) is 2.49. The Morgan fingerprint density at radius 1 is 0.810 bits per heavy atom. The van der Waals surface area contributed by atoms with Crippen molar-refractivity contribution < 1.29 is 0 Å². The maximum atomic E-state index is 2.57. The molecule has 2 unspecified atom stereocenters. The number of hydrogen-bond acceptors (Lipinski definition) is 0. The summed E-state index contributed by atoms with van der Waals surface area (Å²) in [6, 6.07) is 0. The molecule has 0 aromatic carbocycles. The highest BCUT2D eigenvalue weighted by Gasteiger charge is 2.18. The van der Waals surface area contributed by atoms with Crippen LogP contribution < -0.4 is 0 Å². The van der Waals surface area contributed by atoms with Gasteiger partial charge in [-0.2, -0.15) is 0 Å². The minimum Gasteiger partial charge on any atom is -0.0845 e. The molecule has 0 radical (unpaired) electrons. The van der Waals surface area contributed by atoms with Gasteiger partial charge in [0.15, 0.2) is 0 Å². The summed E-state index contributed by atoms with van der Waals surface area (Å²) in [6.07, 6.45) is 31.7. The lowest BCUT2D eigenvalue weighted by Gasteiger charge is -2.26. The van der Waals surface area contributed by atoms with Crippen LogP contribution in [0.4, 0.5) is 0 Å². The fraction of sp³-hybridized carbons (Fsp3) is 0.429. The van der Waals surface area contributed by atoms with Crippen molar-refractivity contribution in [2.45, 2.75) is 45.4 Å². The van der Waals surface area contributed by atoms with Crippen molar-refractivity contribution in [2.75, 3.05) is 0 Å². The molecule has 2 aliphatic carbocycles. The van der Waals surface area contributed by atoms with Crippen LogP contribution in [0.1, 0.15) is 45.4 Å². The van der Waals surface area contributed by atoms with Crippen LogP contribution in [-0.4, -0.2) is 0 Å². The van der Waals surface area contributed by atoms with Crippen molar-refractivity contribution in [2.24, 2.45) is 11.8 Å². The molecule has 0 aromatic rings. The molecule has 2 atom stereocenters. The summed E-state index contributed by atoms with van der Waals surface area (Å²) in [7, 11) is 0. The van der Waals surface area contributed by atoms with Crippen LogP contribution in [0.2, 0.25) is 0 Å². The van der Waals surface area contributed by atoms with E-state index in [4.69, 9.17) is 0 Å². The lowest BCUT2D eigenvalue weighted by Crippen LogP contribution is -2.11. The molecule has 0 aromatic heterocycles. The van der Waals surface area contributed by atoms with E-state index in [1.165, 1.54) is 38.5 Å². The first kappa shape index (κ1) is 15.8. The molecule has 112 valence electrons. The number of rotatable bonds is 0. The quantitative estimate of drug-likeness (QED) is 0.456. The maximum absolute atomic E-state index is 2.57. The van der Waals surface area contributed by atoms with E-state index in [2.05, 4.69) is 73.8 Å². The van der Waals surface area contributed by atoms with Crippen molar-refractivity contribution in [3.8, 4) is 0 Å². The summed E-state index contributed by atoms with van der Waals surface area (Å²) in [6.45, 7) is 2.40. The van der Waals surface area contributed by atoms with Crippen molar-refractivity contribution in [3.05, 3.63) is 72.4 Å². The largest absolute Gasteiger partial charge is 0.0845 e. The first-order chi connectivity index (χ1) is 10.4. The van der Waals surface area contributed by atoms with Gasteiger partial charge in [0.2, 0.25) is 0 Å². The molecule has 0 N–H and O–H groups in total. The van der Waals surface area contributed by atoms with E-state index in [-0.39, 0.29) is 0 Å². The summed E-state index contributed by atoms with van der Waals surface area (Å²) >= 11 is 0. The lowest BCUT2D eigenvalue weighted by molar-refractivity contribution is 0.445. The van der Waals surface area contributed by atoms with Crippen molar-refractivity contribution in [1.29, 1.82) is 0 Å². The second-order valence-electron chi connectivity index (χ2n) is 6.12.